The van der Waals surface area contributed by atoms with E-state index < -0.39 is 0 Å². The first-order valence-corrected chi connectivity index (χ1v) is 11.7. The first kappa shape index (κ1) is 24.3. The molecule has 1 heterocycles. The Balaban J connectivity index is 1.39. The summed E-state index contributed by atoms with van der Waals surface area (Å²) in [5.41, 5.74) is 1.54. The lowest BCUT2D eigenvalue weighted by Crippen LogP contribution is -2.48. The Hall–Kier alpha value is -3.82. The van der Waals surface area contributed by atoms with Gasteiger partial charge >= 0.3 is 0 Å². The molecule has 9 nitrogen and oxygen atoms in total. The number of methoxy groups -OCH3 is 1. The Labute approximate surface area is 203 Å². The maximum absolute atomic E-state index is 13.2. The van der Waals surface area contributed by atoms with Gasteiger partial charge in [0.15, 0.2) is 0 Å². The quantitative estimate of drug-likeness (QED) is 0.505. The van der Waals surface area contributed by atoms with Crippen molar-refractivity contribution in [1.29, 1.82) is 0 Å². The lowest BCUT2D eigenvalue weighted by atomic mass is 9.94. The van der Waals surface area contributed by atoms with Crippen molar-refractivity contribution >= 4 is 11.8 Å². The van der Waals surface area contributed by atoms with E-state index in [-0.39, 0.29) is 36.8 Å². The van der Waals surface area contributed by atoms with Crippen LogP contribution in [0.15, 0.2) is 48.5 Å². The fourth-order valence-corrected chi connectivity index (χ4v) is 4.20. The first-order valence-electron chi connectivity index (χ1n) is 11.7. The minimum atomic E-state index is -0.357. The normalized spacial score (nSPS) is 13.9. The number of nitrogens with zero attached hydrogens (tertiary/aromatic N) is 5. The number of aromatic nitrogens is 4. The van der Waals surface area contributed by atoms with Gasteiger partial charge in [0.25, 0.3) is 0 Å². The summed E-state index contributed by atoms with van der Waals surface area (Å²) in [5.74, 6) is 0.236. The summed E-state index contributed by atoms with van der Waals surface area (Å²) < 4.78 is 18.3. The second kappa shape index (κ2) is 11.5. The summed E-state index contributed by atoms with van der Waals surface area (Å²) in [6.45, 7) is 0.205. The molecule has 1 saturated carbocycles. The third-order valence-corrected chi connectivity index (χ3v) is 6.13. The van der Waals surface area contributed by atoms with Gasteiger partial charge in [0.2, 0.25) is 17.6 Å². The molecule has 10 heteroatoms. The second-order valence-corrected chi connectivity index (χ2v) is 8.59. The Morgan fingerprint density at radius 2 is 1.80 bits per heavy atom. The average molecular weight is 481 g/mol. The third kappa shape index (κ3) is 6.62. The van der Waals surface area contributed by atoms with Gasteiger partial charge in [-0.1, -0.05) is 31.4 Å². The molecule has 184 valence electrons. The highest BCUT2D eigenvalue weighted by Gasteiger charge is 2.28. The minimum absolute atomic E-state index is 0.00285. The molecule has 0 saturated heterocycles. The van der Waals surface area contributed by atoms with E-state index in [1.165, 1.54) is 16.9 Å². The Kier molecular flexibility index (Phi) is 8.02. The number of hydrogen-bond acceptors (Lipinski definition) is 6. The van der Waals surface area contributed by atoms with Crippen LogP contribution in [-0.4, -0.2) is 56.6 Å². The van der Waals surface area contributed by atoms with E-state index in [1.807, 2.05) is 24.3 Å². The Morgan fingerprint density at radius 3 is 2.49 bits per heavy atom. The number of benzene rings is 2. The van der Waals surface area contributed by atoms with Gasteiger partial charge in [0.05, 0.1) is 13.7 Å². The molecule has 2 amide bonds. The van der Waals surface area contributed by atoms with Crippen molar-refractivity contribution in [2.45, 2.75) is 51.2 Å². The number of carbonyl (C=O) groups is 2. The lowest BCUT2D eigenvalue weighted by molar-refractivity contribution is -0.140. The van der Waals surface area contributed by atoms with Crippen molar-refractivity contribution in [1.82, 2.24) is 30.4 Å². The zero-order chi connectivity index (χ0) is 24.6. The number of hydrogen-bond donors (Lipinski definition) is 1. The summed E-state index contributed by atoms with van der Waals surface area (Å²) >= 11 is 0. The second-order valence-electron chi connectivity index (χ2n) is 8.59. The molecule has 0 atom stereocenters. The molecule has 1 N–H and O–H groups in total. The van der Waals surface area contributed by atoms with Crippen LogP contribution in [0, 0.1) is 5.82 Å². The van der Waals surface area contributed by atoms with E-state index >= 15 is 0 Å². The van der Waals surface area contributed by atoms with Crippen molar-refractivity contribution in [3.05, 3.63) is 59.9 Å². The van der Waals surface area contributed by atoms with E-state index in [0.717, 1.165) is 43.4 Å². The van der Waals surface area contributed by atoms with Crippen molar-refractivity contribution in [2.75, 3.05) is 13.7 Å². The topological polar surface area (TPSA) is 102 Å². The number of tetrazole rings is 1. The Bertz CT molecular complexity index is 1130. The van der Waals surface area contributed by atoms with Crippen LogP contribution in [0.5, 0.6) is 5.75 Å². The highest BCUT2D eigenvalue weighted by atomic mass is 19.1. The van der Waals surface area contributed by atoms with Crippen LogP contribution in [0.25, 0.3) is 11.4 Å². The van der Waals surface area contributed by atoms with Crippen molar-refractivity contribution in [3.8, 4) is 17.1 Å². The van der Waals surface area contributed by atoms with Crippen molar-refractivity contribution in [2.24, 2.45) is 0 Å². The molecule has 0 bridgehead atoms. The van der Waals surface area contributed by atoms with Gasteiger partial charge < -0.3 is 15.0 Å². The minimum Gasteiger partial charge on any atom is -0.497 e. The highest BCUT2D eigenvalue weighted by molar-refractivity contribution is 5.85. The maximum Gasteiger partial charge on any atom is 0.246 e. The molecule has 1 aliphatic carbocycles. The zero-order valence-corrected chi connectivity index (χ0v) is 19.7. The predicted octanol–water partition coefficient (Wildman–Crippen LogP) is 2.97. The maximum atomic E-state index is 13.2. The molecule has 35 heavy (non-hydrogen) atoms. The number of halogens is 1. The molecule has 3 aromatic rings. The van der Waals surface area contributed by atoms with Crippen molar-refractivity contribution in [3.63, 3.8) is 0 Å². The molecule has 0 aliphatic heterocycles. The molecule has 1 fully saturated rings. The lowest BCUT2D eigenvalue weighted by Gasteiger charge is -2.33. The summed E-state index contributed by atoms with van der Waals surface area (Å²) in [6.07, 6.45) is 4.91. The molecule has 0 radical (unpaired) electrons. The van der Waals surface area contributed by atoms with E-state index in [9.17, 15) is 14.0 Å². The van der Waals surface area contributed by atoms with Gasteiger partial charge in [0.1, 0.15) is 18.1 Å². The summed E-state index contributed by atoms with van der Waals surface area (Å²) in [5, 5.41) is 15.1. The number of ether oxygens (including phenoxy) is 1. The molecular formula is C25H29FN6O3. The zero-order valence-electron chi connectivity index (χ0n) is 19.7. The average Bonchev–Trinajstić information content (AvgIpc) is 3.35. The SMILES string of the molecule is COc1ccc(CNC(=O)CN(C(=O)Cn2nnc(-c3ccc(F)cc3)n2)C2CCCCC2)cc1. The van der Waals surface area contributed by atoms with E-state index in [4.69, 9.17) is 4.74 Å². The summed E-state index contributed by atoms with van der Waals surface area (Å²) in [6, 6.07) is 13.2. The molecule has 0 unspecified atom stereocenters. The summed E-state index contributed by atoms with van der Waals surface area (Å²) in [7, 11) is 1.60. The fraction of sp³-hybridized carbons (Fsp3) is 0.400. The van der Waals surface area contributed by atoms with Crippen LogP contribution in [-0.2, 0) is 22.7 Å². The smallest absolute Gasteiger partial charge is 0.246 e. The van der Waals surface area contributed by atoms with Crippen molar-refractivity contribution < 1.29 is 18.7 Å². The molecule has 2 aromatic carbocycles. The van der Waals surface area contributed by atoms with Gasteiger partial charge in [0, 0.05) is 18.2 Å². The van der Waals surface area contributed by atoms with Gasteiger partial charge in [-0.05, 0) is 60.0 Å². The molecular weight excluding hydrogens is 451 g/mol. The third-order valence-electron chi connectivity index (χ3n) is 6.13. The van der Waals surface area contributed by atoms with E-state index in [0.29, 0.717) is 17.9 Å². The number of amides is 2. The summed E-state index contributed by atoms with van der Waals surface area (Å²) in [4.78, 5) is 28.8. The molecule has 0 spiro atoms. The molecule has 1 aliphatic rings. The fourth-order valence-electron chi connectivity index (χ4n) is 4.20. The first-order chi connectivity index (χ1) is 17.0. The van der Waals surface area contributed by atoms with Gasteiger partial charge in [-0.25, -0.2) is 4.39 Å². The number of rotatable bonds is 9. The van der Waals surface area contributed by atoms with E-state index in [1.54, 1.807) is 24.1 Å². The largest absolute Gasteiger partial charge is 0.497 e. The van der Waals surface area contributed by atoms with Crippen LogP contribution in [0.4, 0.5) is 4.39 Å². The van der Waals surface area contributed by atoms with Crippen LogP contribution in [0.3, 0.4) is 0 Å². The number of nitrogens with one attached hydrogen (secondary N) is 1. The monoisotopic (exact) mass is 480 g/mol. The van der Waals surface area contributed by atoms with Crippen LogP contribution in [0.2, 0.25) is 0 Å². The Morgan fingerprint density at radius 1 is 1.09 bits per heavy atom. The van der Waals surface area contributed by atoms with Crippen LogP contribution < -0.4 is 10.1 Å². The highest BCUT2D eigenvalue weighted by Crippen LogP contribution is 2.23. The standard InChI is InChI=1S/C25H29FN6O3/c1-35-22-13-7-18(8-14-22)15-27-23(33)16-31(21-5-3-2-4-6-21)24(34)17-32-29-25(28-30-32)19-9-11-20(26)12-10-19/h7-14,21H,2-6,15-17H2,1H3,(H,27,33). The number of carbonyl (C=O) groups excluding carboxylic acids is 2. The van der Waals surface area contributed by atoms with Gasteiger partial charge in [-0.15, -0.1) is 10.2 Å². The van der Waals surface area contributed by atoms with Crippen LogP contribution in [0.1, 0.15) is 37.7 Å². The van der Waals surface area contributed by atoms with Gasteiger partial charge in [-0.2, -0.15) is 4.80 Å². The van der Waals surface area contributed by atoms with E-state index in [2.05, 4.69) is 20.7 Å². The molecule has 1 aromatic heterocycles. The van der Waals surface area contributed by atoms with Gasteiger partial charge in [-0.3, -0.25) is 9.59 Å². The predicted molar refractivity (Wildman–Crippen MR) is 127 cm³/mol. The molecule has 4 rings (SSSR count). The van der Waals surface area contributed by atoms with Crippen LogP contribution >= 0.6 is 0 Å².